The average molecular weight is 323 g/mol. The van der Waals surface area contributed by atoms with Gasteiger partial charge in [0.1, 0.15) is 4.90 Å². The maximum atomic E-state index is 12.4. The van der Waals surface area contributed by atoms with Crippen molar-refractivity contribution in [3.8, 4) is 0 Å². The first-order chi connectivity index (χ1) is 9.47. The van der Waals surface area contributed by atoms with Crippen LogP contribution in [0.3, 0.4) is 0 Å². The molecule has 0 aliphatic carbocycles. The predicted octanol–water partition coefficient (Wildman–Crippen LogP) is 1.07. The number of nitrogens with one attached hydrogen (secondary N) is 1. The van der Waals surface area contributed by atoms with E-state index in [1.807, 2.05) is 6.92 Å². The minimum atomic E-state index is -3.64. The quantitative estimate of drug-likeness (QED) is 0.422. The number of ether oxygens (including phenoxy) is 1. The van der Waals surface area contributed by atoms with Crippen LogP contribution in [0.4, 0.5) is 5.82 Å². The number of pyridine rings is 1. The molecule has 1 aromatic heterocycles. The average Bonchev–Trinajstić information content (AvgIpc) is 2.43. The third-order valence-corrected chi connectivity index (χ3v) is 4.86. The smallest absolute Gasteiger partial charge is 0.244 e. The Kier molecular flexibility index (Phi) is 6.63. The van der Waals surface area contributed by atoms with Gasteiger partial charge in [-0.1, -0.05) is 18.5 Å². The van der Waals surface area contributed by atoms with Gasteiger partial charge in [0.2, 0.25) is 10.0 Å². The molecule has 1 rings (SSSR count). The van der Waals surface area contributed by atoms with Crippen molar-refractivity contribution in [1.29, 1.82) is 0 Å². The summed E-state index contributed by atoms with van der Waals surface area (Å²) in [6.45, 7) is 5.11. The second kappa shape index (κ2) is 7.75. The highest BCUT2D eigenvalue weighted by Gasteiger charge is 2.24. The predicted molar refractivity (Wildman–Crippen MR) is 78.0 cm³/mol. The topological polar surface area (TPSA) is 97.5 Å². The largest absolute Gasteiger partial charge is 0.380 e. The molecule has 0 amide bonds. The number of nitrogen functional groups attached to an aromatic ring is 1. The summed E-state index contributed by atoms with van der Waals surface area (Å²) in [6, 6.07) is 1.32. The molecule has 0 aromatic carbocycles. The van der Waals surface area contributed by atoms with Gasteiger partial charge >= 0.3 is 0 Å². The highest BCUT2D eigenvalue weighted by Crippen LogP contribution is 2.23. The molecule has 0 aliphatic heterocycles. The lowest BCUT2D eigenvalue weighted by atomic mass is 10.5. The van der Waals surface area contributed by atoms with Crippen molar-refractivity contribution < 1.29 is 13.2 Å². The monoisotopic (exact) mass is 322 g/mol. The molecule has 0 spiro atoms. The van der Waals surface area contributed by atoms with Gasteiger partial charge in [0.25, 0.3) is 0 Å². The lowest BCUT2D eigenvalue weighted by Gasteiger charge is -2.20. The summed E-state index contributed by atoms with van der Waals surface area (Å²) >= 11 is 5.90. The fourth-order valence-electron chi connectivity index (χ4n) is 1.58. The Morgan fingerprint density at radius 1 is 1.50 bits per heavy atom. The van der Waals surface area contributed by atoms with Crippen molar-refractivity contribution >= 4 is 27.4 Å². The van der Waals surface area contributed by atoms with Crippen LogP contribution in [0.2, 0.25) is 5.02 Å². The summed E-state index contributed by atoms with van der Waals surface area (Å²) in [4.78, 5) is 3.90. The second-order valence-corrected chi connectivity index (χ2v) is 6.18. The van der Waals surface area contributed by atoms with Crippen LogP contribution in [0, 0.1) is 0 Å². The Labute approximate surface area is 124 Å². The fraction of sp³-hybridized carbons (Fsp3) is 0.545. The van der Waals surface area contributed by atoms with Crippen molar-refractivity contribution in [3.05, 3.63) is 17.3 Å². The molecular formula is C11H19ClN4O3S. The Hall–Kier alpha value is -0.930. The molecule has 0 bridgehead atoms. The standard InChI is InChI=1S/C11H19ClN4O3S/c1-3-16(5-6-19-4-2)20(17,18)9-7-10(12)11(15-13)14-8-9/h7-8H,3-6,13H2,1-2H3,(H,14,15). The van der Waals surface area contributed by atoms with E-state index in [-0.39, 0.29) is 22.3 Å². The van der Waals surface area contributed by atoms with Crippen LogP contribution in [0.25, 0.3) is 0 Å². The molecule has 3 N–H and O–H groups in total. The molecule has 0 atom stereocenters. The van der Waals surface area contributed by atoms with Crippen molar-refractivity contribution in [2.24, 2.45) is 5.84 Å². The molecule has 1 heterocycles. The van der Waals surface area contributed by atoms with Gasteiger partial charge in [-0.05, 0) is 13.0 Å². The summed E-state index contributed by atoms with van der Waals surface area (Å²) in [5.41, 5.74) is 2.29. The molecule has 0 saturated heterocycles. The number of halogens is 1. The van der Waals surface area contributed by atoms with E-state index >= 15 is 0 Å². The molecule has 9 heteroatoms. The molecule has 0 radical (unpaired) electrons. The van der Waals surface area contributed by atoms with Crippen LogP contribution >= 0.6 is 11.6 Å². The fourth-order valence-corrected chi connectivity index (χ4v) is 3.27. The van der Waals surface area contributed by atoms with E-state index in [1.54, 1.807) is 6.92 Å². The SMILES string of the molecule is CCOCCN(CC)S(=O)(=O)c1cnc(NN)c(Cl)c1. The van der Waals surface area contributed by atoms with Crippen molar-refractivity contribution in [1.82, 2.24) is 9.29 Å². The van der Waals surface area contributed by atoms with E-state index in [0.29, 0.717) is 19.8 Å². The molecule has 0 aliphatic rings. The van der Waals surface area contributed by atoms with E-state index in [9.17, 15) is 8.42 Å². The summed E-state index contributed by atoms with van der Waals surface area (Å²) in [5, 5.41) is 0.148. The van der Waals surface area contributed by atoms with Crippen LogP contribution < -0.4 is 11.3 Å². The summed E-state index contributed by atoms with van der Waals surface area (Å²) in [6.07, 6.45) is 1.22. The first kappa shape index (κ1) is 17.1. The molecule has 0 unspecified atom stereocenters. The molecule has 114 valence electrons. The van der Waals surface area contributed by atoms with Gasteiger partial charge in [-0.3, -0.25) is 0 Å². The maximum Gasteiger partial charge on any atom is 0.244 e. The van der Waals surface area contributed by atoms with Gasteiger partial charge in [-0.2, -0.15) is 4.31 Å². The van der Waals surface area contributed by atoms with Gasteiger partial charge in [0, 0.05) is 25.9 Å². The molecule has 20 heavy (non-hydrogen) atoms. The normalized spacial score (nSPS) is 11.8. The first-order valence-electron chi connectivity index (χ1n) is 6.17. The first-order valence-corrected chi connectivity index (χ1v) is 7.99. The van der Waals surface area contributed by atoms with Gasteiger partial charge in [-0.25, -0.2) is 19.2 Å². The molecule has 7 nitrogen and oxygen atoms in total. The third kappa shape index (κ3) is 4.03. The number of nitrogens with two attached hydrogens (primary N) is 1. The summed E-state index contributed by atoms with van der Waals surface area (Å²) in [5.74, 6) is 5.43. The van der Waals surface area contributed by atoms with Crippen LogP contribution in [-0.2, 0) is 14.8 Å². The summed E-state index contributed by atoms with van der Waals surface area (Å²) in [7, 11) is -3.64. The number of anilines is 1. The highest BCUT2D eigenvalue weighted by molar-refractivity contribution is 7.89. The van der Waals surface area contributed by atoms with Crippen LogP contribution in [0.15, 0.2) is 17.2 Å². The second-order valence-electron chi connectivity index (χ2n) is 3.84. The van der Waals surface area contributed by atoms with Gasteiger partial charge < -0.3 is 10.2 Å². The zero-order valence-corrected chi connectivity index (χ0v) is 13.0. The summed E-state index contributed by atoms with van der Waals surface area (Å²) < 4.78 is 31.4. The van der Waals surface area contributed by atoms with Gasteiger partial charge in [0.15, 0.2) is 5.82 Å². The van der Waals surface area contributed by atoms with E-state index in [2.05, 4.69) is 10.4 Å². The zero-order valence-electron chi connectivity index (χ0n) is 11.5. The minimum absolute atomic E-state index is 0.0276. The lowest BCUT2D eigenvalue weighted by Crippen LogP contribution is -2.34. The number of nitrogens with zero attached hydrogens (tertiary/aromatic N) is 2. The van der Waals surface area contributed by atoms with Crippen molar-refractivity contribution in [3.63, 3.8) is 0 Å². The molecule has 1 aromatic rings. The van der Waals surface area contributed by atoms with E-state index in [1.165, 1.54) is 16.6 Å². The van der Waals surface area contributed by atoms with Crippen LogP contribution in [-0.4, -0.2) is 44.0 Å². The van der Waals surface area contributed by atoms with Gasteiger partial charge in [0.05, 0.1) is 11.6 Å². The van der Waals surface area contributed by atoms with E-state index < -0.39 is 10.0 Å². The Morgan fingerprint density at radius 3 is 2.70 bits per heavy atom. The third-order valence-electron chi connectivity index (χ3n) is 2.63. The Morgan fingerprint density at radius 2 is 2.20 bits per heavy atom. The number of hydrazine groups is 1. The minimum Gasteiger partial charge on any atom is -0.380 e. The maximum absolute atomic E-state index is 12.4. The van der Waals surface area contributed by atoms with Crippen LogP contribution in [0.5, 0.6) is 0 Å². The Bertz CT molecular complexity index is 538. The van der Waals surface area contributed by atoms with Crippen molar-refractivity contribution in [2.75, 3.05) is 31.7 Å². The zero-order chi connectivity index (χ0) is 15.2. The van der Waals surface area contributed by atoms with Crippen molar-refractivity contribution in [2.45, 2.75) is 18.7 Å². The number of sulfonamides is 1. The highest BCUT2D eigenvalue weighted by atomic mass is 35.5. The number of hydrogen-bond donors (Lipinski definition) is 2. The van der Waals surface area contributed by atoms with Gasteiger partial charge in [-0.15, -0.1) is 0 Å². The Balaban J connectivity index is 2.98. The number of aromatic nitrogens is 1. The van der Waals surface area contributed by atoms with E-state index in [0.717, 1.165) is 0 Å². The molecule has 0 fully saturated rings. The lowest BCUT2D eigenvalue weighted by molar-refractivity contribution is 0.135. The van der Waals surface area contributed by atoms with Crippen LogP contribution in [0.1, 0.15) is 13.8 Å². The number of rotatable bonds is 8. The van der Waals surface area contributed by atoms with E-state index in [4.69, 9.17) is 22.2 Å². The molecular weight excluding hydrogens is 304 g/mol. The number of hydrogen-bond acceptors (Lipinski definition) is 6. The molecule has 0 saturated carbocycles. The number of likely N-dealkylation sites (N-methyl/N-ethyl adjacent to an activating group) is 1.